The molecule has 0 spiro atoms. The van der Waals surface area contributed by atoms with Gasteiger partial charge in [-0.05, 0) is 43.7 Å². The van der Waals surface area contributed by atoms with Crippen molar-refractivity contribution in [2.24, 2.45) is 0 Å². The summed E-state index contributed by atoms with van der Waals surface area (Å²) in [5.41, 5.74) is 1.68. The zero-order valence-corrected chi connectivity index (χ0v) is 19.6. The van der Waals surface area contributed by atoms with Crippen LogP contribution in [-0.2, 0) is 14.8 Å². The summed E-state index contributed by atoms with van der Waals surface area (Å²) in [6.45, 7) is 4.97. The Kier molecular flexibility index (Phi) is 6.32. The number of sulfonamides is 1. The van der Waals surface area contributed by atoms with Crippen LogP contribution >= 0.6 is 11.3 Å². The third-order valence-corrected chi connectivity index (χ3v) is 8.32. The van der Waals surface area contributed by atoms with E-state index in [9.17, 15) is 18.0 Å². The molecule has 0 bridgehead atoms. The lowest BCUT2D eigenvalue weighted by atomic mass is 10.2. The Morgan fingerprint density at radius 2 is 1.72 bits per heavy atom. The molecule has 32 heavy (non-hydrogen) atoms. The number of piperazine rings is 1. The van der Waals surface area contributed by atoms with Gasteiger partial charge in [0.1, 0.15) is 0 Å². The maximum atomic E-state index is 13.2. The largest absolute Gasteiger partial charge is 0.337 e. The number of thiazole rings is 1. The Morgan fingerprint density at radius 3 is 2.38 bits per heavy atom. The van der Waals surface area contributed by atoms with E-state index in [1.54, 1.807) is 33.7 Å². The average Bonchev–Trinajstić information content (AvgIpc) is 3.13. The van der Waals surface area contributed by atoms with Gasteiger partial charge >= 0.3 is 4.87 Å². The number of fused-ring (bicyclic) bond motifs is 1. The lowest BCUT2D eigenvalue weighted by molar-refractivity contribution is -0.127. The first-order valence-corrected chi connectivity index (χ1v) is 12.7. The second kappa shape index (κ2) is 9.01. The Hall–Kier alpha value is -2.75. The number of benzene rings is 2. The highest BCUT2D eigenvalue weighted by molar-refractivity contribution is 7.89. The van der Waals surface area contributed by atoms with Gasteiger partial charge in [0.2, 0.25) is 15.9 Å². The van der Waals surface area contributed by atoms with E-state index in [-0.39, 0.29) is 34.8 Å². The number of carbonyl (C=O) groups excluding carboxylic acids is 1. The molecule has 4 rings (SSSR count). The number of aromatic nitrogens is 1. The fourth-order valence-corrected chi connectivity index (χ4v) is 6.38. The molecule has 0 atom stereocenters. The maximum Gasteiger partial charge on any atom is 0.308 e. The fourth-order valence-electron chi connectivity index (χ4n) is 3.80. The van der Waals surface area contributed by atoms with Gasteiger partial charge in [0, 0.05) is 38.3 Å². The molecule has 168 valence electrons. The molecule has 0 N–H and O–H groups in total. The minimum absolute atomic E-state index is 0.000243. The monoisotopic (exact) mass is 471 g/mol. The Bertz CT molecular complexity index is 1320. The molecule has 1 aromatic heterocycles. The lowest BCUT2D eigenvalue weighted by Gasteiger charge is -2.33. The molecule has 1 saturated heterocycles. The van der Waals surface area contributed by atoms with Crippen molar-refractivity contribution >= 4 is 43.6 Å². The summed E-state index contributed by atoms with van der Waals surface area (Å²) in [5, 5.41) is 0. The number of rotatable bonds is 5. The van der Waals surface area contributed by atoms with Gasteiger partial charge in [-0.25, -0.2) is 8.42 Å². The first-order valence-electron chi connectivity index (χ1n) is 10.4. The second-order valence-electron chi connectivity index (χ2n) is 7.93. The molecule has 0 aliphatic carbocycles. The van der Waals surface area contributed by atoms with Gasteiger partial charge in [-0.15, -0.1) is 0 Å². The van der Waals surface area contributed by atoms with Crippen molar-refractivity contribution in [2.75, 3.05) is 26.2 Å². The third kappa shape index (κ3) is 4.41. The molecule has 1 fully saturated rings. The van der Waals surface area contributed by atoms with Gasteiger partial charge in [0.15, 0.2) is 0 Å². The number of nitrogens with zero attached hydrogens (tertiary/aromatic N) is 3. The highest BCUT2D eigenvalue weighted by Crippen LogP contribution is 2.26. The molecule has 0 radical (unpaired) electrons. The molecule has 0 unspecified atom stereocenters. The van der Waals surface area contributed by atoms with Crippen LogP contribution < -0.4 is 4.87 Å². The number of amides is 1. The van der Waals surface area contributed by atoms with Crippen molar-refractivity contribution in [1.82, 2.24) is 13.8 Å². The van der Waals surface area contributed by atoms with Crippen LogP contribution in [0.25, 0.3) is 16.3 Å². The highest BCUT2D eigenvalue weighted by atomic mass is 32.2. The van der Waals surface area contributed by atoms with E-state index >= 15 is 0 Å². The second-order valence-corrected chi connectivity index (χ2v) is 10.9. The molecule has 3 aromatic rings. The summed E-state index contributed by atoms with van der Waals surface area (Å²) < 4.78 is 30.1. The molecule has 7 nitrogen and oxygen atoms in total. The van der Waals surface area contributed by atoms with Crippen LogP contribution in [0.4, 0.5) is 0 Å². The van der Waals surface area contributed by atoms with Crippen LogP contribution in [0.2, 0.25) is 0 Å². The summed E-state index contributed by atoms with van der Waals surface area (Å²) >= 11 is 1.06. The number of hydrogen-bond acceptors (Lipinski definition) is 5. The predicted molar refractivity (Wildman–Crippen MR) is 127 cm³/mol. The predicted octanol–water partition coefficient (Wildman–Crippen LogP) is 3.19. The van der Waals surface area contributed by atoms with E-state index in [2.05, 4.69) is 0 Å². The summed E-state index contributed by atoms with van der Waals surface area (Å²) in [6, 6.07) is 14.4. The van der Waals surface area contributed by atoms with Crippen molar-refractivity contribution in [1.29, 1.82) is 0 Å². The Morgan fingerprint density at radius 1 is 1.03 bits per heavy atom. The molecule has 1 aliphatic rings. The normalized spacial score (nSPS) is 15.8. The molecule has 1 aliphatic heterocycles. The first kappa shape index (κ1) is 22.4. The highest BCUT2D eigenvalue weighted by Gasteiger charge is 2.30. The Labute approximate surface area is 191 Å². The molecule has 0 saturated carbocycles. The number of hydrogen-bond donors (Lipinski definition) is 0. The van der Waals surface area contributed by atoms with Crippen LogP contribution in [0, 0.1) is 0 Å². The summed E-state index contributed by atoms with van der Waals surface area (Å²) in [6.07, 6.45) is 3.28. The van der Waals surface area contributed by atoms with E-state index in [0.717, 1.165) is 22.4 Å². The summed E-state index contributed by atoms with van der Waals surface area (Å²) in [4.78, 5) is 26.5. The van der Waals surface area contributed by atoms with E-state index in [1.807, 2.05) is 44.2 Å². The van der Waals surface area contributed by atoms with Gasteiger partial charge in [-0.3, -0.25) is 14.2 Å². The quantitative estimate of drug-likeness (QED) is 0.536. The van der Waals surface area contributed by atoms with Crippen molar-refractivity contribution in [3.8, 4) is 0 Å². The zero-order chi connectivity index (χ0) is 22.9. The van der Waals surface area contributed by atoms with Crippen LogP contribution in [0.3, 0.4) is 0 Å². The molecule has 1 amide bonds. The van der Waals surface area contributed by atoms with Crippen LogP contribution in [0.15, 0.2) is 64.3 Å². The minimum Gasteiger partial charge on any atom is -0.337 e. The zero-order valence-electron chi connectivity index (χ0n) is 18.0. The summed E-state index contributed by atoms with van der Waals surface area (Å²) in [5.74, 6) is -0.132. The minimum atomic E-state index is -3.71. The topological polar surface area (TPSA) is 79.7 Å². The van der Waals surface area contributed by atoms with E-state index < -0.39 is 10.0 Å². The van der Waals surface area contributed by atoms with Gasteiger partial charge in [-0.1, -0.05) is 41.7 Å². The smallest absolute Gasteiger partial charge is 0.308 e. The van der Waals surface area contributed by atoms with E-state index in [4.69, 9.17) is 0 Å². The third-order valence-electron chi connectivity index (χ3n) is 5.51. The molecular weight excluding hydrogens is 446 g/mol. The van der Waals surface area contributed by atoms with Crippen molar-refractivity contribution < 1.29 is 13.2 Å². The van der Waals surface area contributed by atoms with Crippen molar-refractivity contribution in [3.05, 3.63) is 69.8 Å². The van der Waals surface area contributed by atoms with Crippen molar-refractivity contribution in [2.45, 2.75) is 24.8 Å². The van der Waals surface area contributed by atoms with Crippen molar-refractivity contribution in [3.63, 3.8) is 0 Å². The van der Waals surface area contributed by atoms with Crippen LogP contribution in [-0.4, -0.2) is 54.3 Å². The lowest BCUT2D eigenvalue weighted by Crippen LogP contribution is -2.50. The van der Waals surface area contributed by atoms with Gasteiger partial charge < -0.3 is 4.90 Å². The van der Waals surface area contributed by atoms with Gasteiger partial charge in [0.05, 0.1) is 15.1 Å². The fraction of sp³-hybridized carbons (Fsp3) is 0.304. The van der Waals surface area contributed by atoms with Gasteiger partial charge in [-0.2, -0.15) is 4.31 Å². The Balaban J connectivity index is 1.46. The number of carbonyl (C=O) groups is 1. The molecule has 2 aromatic carbocycles. The first-order chi connectivity index (χ1) is 15.3. The molecule has 2 heterocycles. The van der Waals surface area contributed by atoms with E-state index in [0.29, 0.717) is 17.8 Å². The maximum absolute atomic E-state index is 13.2. The van der Waals surface area contributed by atoms with E-state index in [1.165, 1.54) is 10.4 Å². The SMILES string of the molecule is CC(C)n1c(=O)sc2cc(S(=O)(=O)N3CCN(C(=O)/C=C/c4ccccc4)CC3)ccc21. The summed E-state index contributed by atoms with van der Waals surface area (Å²) in [7, 11) is -3.71. The standard InChI is InChI=1S/C23H25N3O4S2/c1-17(2)26-20-10-9-19(16-21(20)31-23(26)28)32(29,30)25-14-12-24(13-15-25)22(27)11-8-18-6-4-3-5-7-18/h3-11,16-17H,12-15H2,1-2H3/b11-8+. The van der Waals surface area contributed by atoms with Gasteiger partial charge in [0.25, 0.3) is 0 Å². The average molecular weight is 472 g/mol. The van der Waals surface area contributed by atoms with Crippen LogP contribution in [0.5, 0.6) is 0 Å². The molecule has 9 heteroatoms. The molecular formula is C23H25N3O4S2. The van der Waals surface area contributed by atoms with Crippen LogP contribution in [0.1, 0.15) is 25.5 Å².